The SMILES string of the molecule is CCn1ncnc1CC(CCl)c1cccc(F)c1. The molecule has 5 heteroatoms. The Morgan fingerprint density at radius 2 is 2.28 bits per heavy atom. The Hall–Kier alpha value is -1.42. The summed E-state index contributed by atoms with van der Waals surface area (Å²) in [6.07, 6.45) is 2.20. The van der Waals surface area contributed by atoms with E-state index in [9.17, 15) is 4.39 Å². The van der Waals surface area contributed by atoms with Crippen LogP contribution in [-0.2, 0) is 13.0 Å². The summed E-state index contributed by atoms with van der Waals surface area (Å²) in [7, 11) is 0. The zero-order valence-electron chi connectivity index (χ0n) is 10.2. The second-order valence-corrected chi connectivity index (χ2v) is 4.41. The van der Waals surface area contributed by atoms with Gasteiger partial charge in [-0.3, -0.25) is 4.68 Å². The lowest BCUT2D eigenvalue weighted by Gasteiger charge is -2.14. The number of aromatic nitrogens is 3. The van der Waals surface area contributed by atoms with Crippen LogP contribution in [0.5, 0.6) is 0 Å². The summed E-state index contributed by atoms with van der Waals surface area (Å²) in [6.45, 7) is 2.78. The van der Waals surface area contributed by atoms with Gasteiger partial charge < -0.3 is 0 Å². The molecule has 0 saturated carbocycles. The summed E-state index contributed by atoms with van der Waals surface area (Å²) < 4.78 is 15.0. The molecule has 0 N–H and O–H groups in total. The van der Waals surface area contributed by atoms with E-state index in [4.69, 9.17) is 11.6 Å². The highest BCUT2D eigenvalue weighted by Crippen LogP contribution is 2.22. The molecule has 0 fully saturated rings. The molecule has 0 aliphatic heterocycles. The second-order valence-electron chi connectivity index (χ2n) is 4.10. The van der Waals surface area contributed by atoms with Gasteiger partial charge in [0.2, 0.25) is 0 Å². The Labute approximate surface area is 111 Å². The van der Waals surface area contributed by atoms with E-state index >= 15 is 0 Å². The topological polar surface area (TPSA) is 30.7 Å². The fourth-order valence-corrected chi connectivity index (χ4v) is 2.24. The van der Waals surface area contributed by atoms with E-state index in [0.717, 1.165) is 17.9 Å². The molecule has 1 heterocycles. The maximum Gasteiger partial charge on any atom is 0.138 e. The summed E-state index contributed by atoms with van der Waals surface area (Å²) >= 11 is 5.99. The smallest absolute Gasteiger partial charge is 0.138 e. The molecule has 0 radical (unpaired) electrons. The number of hydrogen-bond acceptors (Lipinski definition) is 2. The molecule has 96 valence electrons. The predicted octanol–water partition coefficient (Wildman–Crippen LogP) is 3.00. The lowest BCUT2D eigenvalue weighted by Crippen LogP contribution is -2.11. The van der Waals surface area contributed by atoms with Crippen molar-refractivity contribution in [1.82, 2.24) is 14.8 Å². The van der Waals surface area contributed by atoms with Gasteiger partial charge in [-0.2, -0.15) is 5.10 Å². The molecular formula is C13H15ClFN3. The number of nitrogens with zero attached hydrogens (tertiary/aromatic N) is 3. The molecule has 0 spiro atoms. The maximum atomic E-state index is 13.2. The zero-order valence-corrected chi connectivity index (χ0v) is 10.9. The zero-order chi connectivity index (χ0) is 13.0. The quantitative estimate of drug-likeness (QED) is 0.780. The van der Waals surface area contributed by atoms with Crippen molar-refractivity contribution in [2.45, 2.75) is 25.8 Å². The Balaban J connectivity index is 2.20. The Bertz CT molecular complexity index is 512. The van der Waals surface area contributed by atoms with E-state index < -0.39 is 0 Å². The number of halogens is 2. The summed E-state index contributed by atoms with van der Waals surface area (Å²) in [5, 5.41) is 4.12. The molecule has 0 amide bonds. The minimum atomic E-state index is -0.237. The van der Waals surface area contributed by atoms with Gasteiger partial charge in [0.1, 0.15) is 18.0 Å². The largest absolute Gasteiger partial charge is 0.250 e. The van der Waals surface area contributed by atoms with E-state index in [1.807, 2.05) is 17.7 Å². The number of benzene rings is 1. The Morgan fingerprint density at radius 3 is 2.94 bits per heavy atom. The van der Waals surface area contributed by atoms with Gasteiger partial charge in [0.15, 0.2) is 0 Å². The second kappa shape index (κ2) is 5.96. The van der Waals surface area contributed by atoms with Gasteiger partial charge in [0.25, 0.3) is 0 Å². The van der Waals surface area contributed by atoms with Gasteiger partial charge in [-0.25, -0.2) is 9.37 Å². The van der Waals surface area contributed by atoms with Gasteiger partial charge in [0.05, 0.1) is 0 Å². The van der Waals surface area contributed by atoms with Gasteiger partial charge >= 0.3 is 0 Å². The highest BCUT2D eigenvalue weighted by molar-refractivity contribution is 6.18. The first-order valence-corrected chi connectivity index (χ1v) is 6.46. The first-order chi connectivity index (χ1) is 8.74. The molecule has 1 unspecified atom stereocenters. The third-order valence-electron chi connectivity index (χ3n) is 2.93. The number of alkyl halides is 1. The van der Waals surface area contributed by atoms with E-state index in [2.05, 4.69) is 10.1 Å². The van der Waals surface area contributed by atoms with E-state index in [1.165, 1.54) is 18.5 Å². The summed E-state index contributed by atoms with van der Waals surface area (Å²) in [5.41, 5.74) is 0.899. The molecule has 18 heavy (non-hydrogen) atoms. The van der Waals surface area contributed by atoms with E-state index in [1.54, 1.807) is 6.07 Å². The first kappa shape index (κ1) is 13.0. The molecular weight excluding hydrogens is 253 g/mol. The average molecular weight is 268 g/mol. The van der Waals surface area contributed by atoms with Crippen LogP contribution >= 0.6 is 11.6 Å². The molecule has 0 aliphatic carbocycles. The summed E-state index contributed by atoms with van der Waals surface area (Å²) in [5.74, 6) is 1.13. The molecule has 0 aliphatic rings. The lowest BCUT2D eigenvalue weighted by molar-refractivity contribution is 0.585. The molecule has 1 atom stereocenters. The van der Waals surface area contributed by atoms with Crippen molar-refractivity contribution in [3.05, 3.63) is 47.8 Å². The van der Waals surface area contributed by atoms with Crippen LogP contribution in [0.4, 0.5) is 4.39 Å². The Kier molecular flexibility index (Phi) is 4.31. The van der Waals surface area contributed by atoms with E-state index in [-0.39, 0.29) is 11.7 Å². The van der Waals surface area contributed by atoms with Gasteiger partial charge in [-0.1, -0.05) is 12.1 Å². The van der Waals surface area contributed by atoms with Gasteiger partial charge in [-0.05, 0) is 24.6 Å². The van der Waals surface area contributed by atoms with Crippen LogP contribution in [0, 0.1) is 5.82 Å². The van der Waals surface area contributed by atoms with Gasteiger partial charge in [-0.15, -0.1) is 11.6 Å². The maximum absolute atomic E-state index is 13.2. The van der Waals surface area contributed by atoms with Crippen molar-refractivity contribution in [1.29, 1.82) is 0 Å². The van der Waals surface area contributed by atoms with E-state index in [0.29, 0.717) is 12.3 Å². The monoisotopic (exact) mass is 267 g/mol. The molecule has 2 aromatic rings. The Morgan fingerprint density at radius 1 is 1.44 bits per heavy atom. The van der Waals surface area contributed by atoms with Crippen molar-refractivity contribution in [3.8, 4) is 0 Å². The van der Waals surface area contributed by atoms with Crippen molar-refractivity contribution in [3.63, 3.8) is 0 Å². The minimum Gasteiger partial charge on any atom is -0.250 e. The van der Waals surface area contributed by atoms with Crippen LogP contribution in [0.15, 0.2) is 30.6 Å². The lowest BCUT2D eigenvalue weighted by atomic mass is 9.97. The molecule has 0 saturated heterocycles. The van der Waals surface area contributed by atoms with Crippen LogP contribution in [-0.4, -0.2) is 20.6 Å². The van der Waals surface area contributed by atoms with Crippen LogP contribution < -0.4 is 0 Å². The van der Waals surface area contributed by atoms with Crippen molar-refractivity contribution < 1.29 is 4.39 Å². The molecule has 3 nitrogen and oxygen atoms in total. The van der Waals surface area contributed by atoms with Crippen LogP contribution in [0.1, 0.15) is 24.2 Å². The molecule has 2 rings (SSSR count). The van der Waals surface area contributed by atoms with Crippen molar-refractivity contribution in [2.75, 3.05) is 5.88 Å². The van der Waals surface area contributed by atoms with Gasteiger partial charge in [0, 0.05) is 24.8 Å². The molecule has 0 bridgehead atoms. The normalized spacial score (nSPS) is 12.6. The first-order valence-electron chi connectivity index (χ1n) is 5.92. The summed E-state index contributed by atoms with van der Waals surface area (Å²) in [6, 6.07) is 6.56. The summed E-state index contributed by atoms with van der Waals surface area (Å²) in [4.78, 5) is 4.22. The van der Waals surface area contributed by atoms with Crippen molar-refractivity contribution in [2.24, 2.45) is 0 Å². The number of hydrogen-bond donors (Lipinski definition) is 0. The minimum absolute atomic E-state index is 0.0527. The highest BCUT2D eigenvalue weighted by atomic mass is 35.5. The fourth-order valence-electron chi connectivity index (χ4n) is 1.95. The molecule has 1 aromatic heterocycles. The molecule has 1 aromatic carbocycles. The average Bonchev–Trinajstić information content (AvgIpc) is 2.83. The third-order valence-corrected chi connectivity index (χ3v) is 3.30. The number of rotatable bonds is 5. The van der Waals surface area contributed by atoms with Crippen molar-refractivity contribution >= 4 is 11.6 Å². The van der Waals surface area contributed by atoms with Crippen LogP contribution in [0.2, 0.25) is 0 Å². The van der Waals surface area contributed by atoms with Crippen LogP contribution in [0.25, 0.3) is 0 Å². The van der Waals surface area contributed by atoms with Crippen LogP contribution in [0.3, 0.4) is 0 Å². The fraction of sp³-hybridized carbons (Fsp3) is 0.385. The number of aryl methyl sites for hydroxylation is 1. The highest BCUT2D eigenvalue weighted by Gasteiger charge is 2.15. The standard InChI is InChI=1S/C13H15ClFN3/c1-2-18-13(16-9-17-18)7-11(8-14)10-4-3-5-12(15)6-10/h3-6,9,11H,2,7-8H2,1H3. The predicted molar refractivity (Wildman–Crippen MR) is 69.3 cm³/mol. The third kappa shape index (κ3) is 2.88.